The molecule has 35 heavy (non-hydrogen) atoms. The lowest BCUT2D eigenvalue weighted by Gasteiger charge is -2.41. The number of amides is 2. The van der Waals surface area contributed by atoms with Crippen molar-refractivity contribution in [1.82, 2.24) is 10.6 Å². The van der Waals surface area contributed by atoms with Crippen LogP contribution < -0.4 is 10.6 Å². The molecule has 7 nitrogen and oxygen atoms in total. The Morgan fingerprint density at radius 1 is 1.00 bits per heavy atom. The number of aliphatic carboxylic acids is 1. The molecule has 5 rings (SSSR count). The maximum atomic E-state index is 12.8. The van der Waals surface area contributed by atoms with E-state index >= 15 is 0 Å². The predicted molar refractivity (Wildman–Crippen MR) is 131 cm³/mol. The minimum absolute atomic E-state index is 0.00831. The van der Waals surface area contributed by atoms with Crippen LogP contribution in [0.2, 0.25) is 0 Å². The topological polar surface area (TPSA) is 105 Å². The van der Waals surface area contributed by atoms with E-state index in [4.69, 9.17) is 4.74 Å². The summed E-state index contributed by atoms with van der Waals surface area (Å²) in [5.41, 5.74) is 4.66. The highest BCUT2D eigenvalue weighted by molar-refractivity contribution is 5.81. The number of carbonyl (C=O) groups excluding carboxylic acids is 2. The van der Waals surface area contributed by atoms with Crippen LogP contribution in [0.5, 0.6) is 0 Å². The van der Waals surface area contributed by atoms with E-state index < -0.39 is 12.1 Å². The van der Waals surface area contributed by atoms with Crippen molar-refractivity contribution in [2.24, 2.45) is 23.7 Å². The number of alkyl carbamates (subject to hydrolysis) is 1. The van der Waals surface area contributed by atoms with Gasteiger partial charge in [0.2, 0.25) is 5.91 Å². The van der Waals surface area contributed by atoms with Gasteiger partial charge in [0.05, 0.1) is 11.8 Å². The Balaban J connectivity index is 1.11. The summed E-state index contributed by atoms with van der Waals surface area (Å²) >= 11 is 0. The molecule has 3 aliphatic rings. The third-order valence-electron chi connectivity index (χ3n) is 8.20. The molecule has 0 aliphatic heterocycles. The fourth-order valence-corrected chi connectivity index (χ4v) is 6.17. The Bertz CT molecular complexity index is 1090. The minimum Gasteiger partial charge on any atom is -0.481 e. The van der Waals surface area contributed by atoms with E-state index in [2.05, 4.69) is 34.9 Å². The van der Waals surface area contributed by atoms with Gasteiger partial charge in [0.15, 0.2) is 0 Å². The quantitative estimate of drug-likeness (QED) is 0.531. The van der Waals surface area contributed by atoms with E-state index in [1.165, 1.54) is 11.1 Å². The number of carboxylic acids is 1. The van der Waals surface area contributed by atoms with Crippen LogP contribution in [0, 0.1) is 23.7 Å². The molecule has 0 radical (unpaired) electrons. The second kappa shape index (κ2) is 9.72. The number of nitrogens with one attached hydrogen (secondary N) is 2. The maximum absolute atomic E-state index is 12.8. The second-order valence-corrected chi connectivity index (χ2v) is 10.1. The average molecular weight is 477 g/mol. The molecule has 2 unspecified atom stereocenters. The number of rotatable bonds is 8. The first-order chi connectivity index (χ1) is 17.0. The first kappa shape index (κ1) is 23.4. The van der Waals surface area contributed by atoms with Crippen molar-refractivity contribution >= 4 is 18.0 Å². The molecule has 0 spiro atoms. The lowest BCUT2D eigenvalue weighted by atomic mass is 9.71. The number of carbonyl (C=O) groups is 3. The van der Waals surface area contributed by atoms with Gasteiger partial charge in [-0.25, -0.2) is 4.79 Å². The van der Waals surface area contributed by atoms with Gasteiger partial charge in [-0.2, -0.15) is 0 Å². The van der Waals surface area contributed by atoms with Crippen molar-refractivity contribution in [3.05, 3.63) is 59.7 Å². The van der Waals surface area contributed by atoms with Crippen LogP contribution in [0.4, 0.5) is 4.79 Å². The van der Waals surface area contributed by atoms with Crippen LogP contribution >= 0.6 is 0 Å². The smallest absolute Gasteiger partial charge is 0.407 e. The predicted octanol–water partition coefficient (Wildman–Crippen LogP) is 4.17. The van der Waals surface area contributed by atoms with Crippen LogP contribution in [-0.2, 0) is 14.3 Å². The van der Waals surface area contributed by atoms with Crippen LogP contribution in [0.15, 0.2) is 48.5 Å². The van der Waals surface area contributed by atoms with Crippen molar-refractivity contribution in [1.29, 1.82) is 0 Å². The first-order valence-corrected chi connectivity index (χ1v) is 12.6. The molecular formula is C28H32N2O5. The third kappa shape index (κ3) is 4.51. The van der Waals surface area contributed by atoms with Crippen molar-refractivity contribution in [3.8, 4) is 11.1 Å². The Kier molecular flexibility index (Phi) is 6.50. The van der Waals surface area contributed by atoms with Gasteiger partial charge in [-0.1, -0.05) is 55.5 Å². The molecule has 0 bridgehead atoms. The number of carboxylic acid groups (broad SMARTS) is 1. The molecule has 0 heterocycles. The summed E-state index contributed by atoms with van der Waals surface area (Å²) in [5.74, 6) is -0.814. The molecule has 7 heteroatoms. The van der Waals surface area contributed by atoms with E-state index in [1.807, 2.05) is 31.2 Å². The number of hydrogen-bond acceptors (Lipinski definition) is 4. The Morgan fingerprint density at radius 3 is 2.29 bits per heavy atom. The monoisotopic (exact) mass is 476 g/mol. The lowest BCUT2D eigenvalue weighted by Crippen LogP contribution is -2.52. The van der Waals surface area contributed by atoms with Crippen molar-refractivity contribution in [2.45, 2.75) is 44.6 Å². The first-order valence-electron chi connectivity index (χ1n) is 12.6. The summed E-state index contributed by atoms with van der Waals surface area (Å²) in [5, 5.41) is 15.1. The number of benzene rings is 2. The van der Waals surface area contributed by atoms with Crippen molar-refractivity contribution < 1.29 is 24.2 Å². The summed E-state index contributed by atoms with van der Waals surface area (Å²) in [7, 11) is 0. The molecular weight excluding hydrogens is 444 g/mol. The van der Waals surface area contributed by atoms with Gasteiger partial charge < -0.3 is 20.5 Å². The summed E-state index contributed by atoms with van der Waals surface area (Å²) in [6.45, 7) is 2.36. The minimum atomic E-state index is -0.733. The van der Waals surface area contributed by atoms with Gasteiger partial charge in [0.25, 0.3) is 0 Å². The van der Waals surface area contributed by atoms with Gasteiger partial charge in [0.1, 0.15) is 6.61 Å². The molecule has 5 atom stereocenters. The van der Waals surface area contributed by atoms with Gasteiger partial charge in [-0.05, 0) is 59.8 Å². The normalized spacial score (nSPS) is 24.9. The summed E-state index contributed by atoms with van der Waals surface area (Å²) in [6.07, 6.45) is 2.26. The zero-order valence-electron chi connectivity index (χ0n) is 19.9. The summed E-state index contributed by atoms with van der Waals surface area (Å²) < 4.78 is 5.58. The SMILES string of the molecule is CCC(CNC(=O)OCC1c2ccccc2-c2ccccc21)C(=O)N[C@@H]1C[C@@H]2CC(C(=O)O)C[C@@H]21. The van der Waals surface area contributed by atoms with E-state index in [0.29, 0.717) is 25.2 Å². The van der Waals surface area contributed by atoms with Gasteiger partial charge in [0, 0.05) is 18.5 Å². The maximum Gasteiger partial charge on any atom is 0.407 e. The van der Waals surface area contributed by atoms with Gasteiger partial charge in [-0.3, -0.25) is 9.59 Å². The van der Waals surface area contributed by atoms with Crippen LogP contribution in [0.3, 0.4) is 0 Å². The molecule has 2 saturated carbocycles. The molecule has 2 amide bonds. The Hall–Kier alpha value is -3.35. The van der Waals surface area contributed by atoms with Gasteiger partial charge in [-0.15, -0.1) is 0 Å². The zero-order chi connectivity index (χ0) is 24.5. The lowest BCUT2D eigenvalue weighted by molar-refractivity contribution is -0.141. The fourth-order valence-electron chi connectivity index (χ4n) is 6.17. The molecule has 184 valence electrons. The molecule has 2 fully saturated rings. The standard InChI is InChI=1S/C28H32N2O5/c1-2-16(26(31)30-25-13-17-11-18(27(32)33)12-23(17)25)14-29-28(34)35-15-24-21-9-5-3-7-19(21)20-8-4-6-10-22(20)24/h3-10,16-18,23-25H,2,11-15H2,1H3,(H,29,34)(H,30,31)(H,32,33)/t16?,17-,18?,23-,25+/m0/s1. The molecule has 3 aliphatic carbocycles. The highest BCUT2D eigenvalue weighted by Gasteiger charge is 2.50. The number of ether oxygens (including phenoxy) is 1. The van der Waals surface area contributed by atoms with Crippen LogP contribution in [0.1, 0.15) is 49.7 Å². The number of hydrogen-bond donors (Lipinski definition) is 3. The highest BCUT2D eigenvalue weighted by atomic mass is 16.5. The highest BCUT2D eigenvalue weighted by Crippen LogP contribution is 2.50. The van der Waals surface area contributed by atoms with Gasteiger partial charge >= 0.3 is 12.1 Å². The number of fused-ring (bicyclic) bond motifs is 4. The third-order valence-corrected chi connectivity index (χ3v) is 8.20. The average Bonchev–Trinajstić information content (AvgIpc) is 3.37. The van der Waals surface area contributed by atoms with E-state index in [1.54, 1.807) is 0 Å². The fraction of sp³-hybridized carbons (Fsp3) is 0.464. The molecule has 2 aromatic carbocycles. The van der Waals surface area contributed by atoms with Crippen molar-refractivity contribution in [3.63, 3.8) is 0 Å². The van der Waals surface area contributed by atoms with E-state index in [0.717, 1.165) is 17.5 Å². The largest absolute Gasteiger partial charge is 0.481 e. The molecule has 0 saturated heterocycles. The van der Waals surface area contributed by atoms with Crippen molar-refractivity contribution in [2.75, 3.05) is 13.2 Å². The summed E-state index contributed by atoms with van der Waals surface area (Å²) in [4.78, 5) is 36.6. The second-order valence-electron chi connectivity index (χ2n) is 10.1. The molecule has 0 aromatic heterocycles. The molecule has 3 N–H and O–H groups in total. The van der Waals surface area contributed by atoms with E-state index in [9.17, 15) is 19.5 Å². The summed E-state index contributed by atoms with van der Waals surface area (Å²) in [6, 6.07) is 16.4. The zero-order valence-corrected chi connectivity index (χ0v) is 19.9. The molecule has 2 aromatic rings. The van der Waals surface area contributed by atoms with E-state index in [-0.39, 0.29) is 48.8 Å². The Morgan fingerprint density at radius 2 is 1.66 bits per heavy atom. The van der Waals surface area contributed by atoms with Crippen LogP contribution in [-0.4, -0.2) is 42.3 Å². The van der Waals surface area contributed by atoms with Crippen LogP contribution in [0.25, 0.3) is 11.1 Å². The Labute approximate surface area is 205 Å².